The van der Waals surface area contributed by atoms with Crippen LogP contribution in [0.1, 0.15) is 37.8 Å². The summed E-state index contributed by atoms with van der Waals surface area (Å²) in [4.78, 5) is 24.6. The zero-order valence-electron chi connectivity index (χ0n) is 13.9. The molecule has 3 rings (SSSR count). The molecule has 6 heteroatoms. The SMILES string of the molecule is C[C@@H]1C[C@@H]2OCNC2CCC(=O)NC(c2ccccc2)COC1=O. The quantitative estimate of drug-likeness (QED) is 0.763. The van der Waals surface area contributed by atoms with Crippen LogP contribution in [0.5, 0.6) is 0 Å². The highest BCUT2D eigenvalue weighted by atomic mass is 16.5. The zero-order valence-corrected chi connectivity index (χ0v) is 13.9. The number of ether oxygens (including phenoxy) is 2. The predicted molar refractivity (Wildman–Crippen MR) is 88.0 cm³/mol. The summed E-state index contributed by atoms with van der Waals surface area (Å²) in [5.74, 6) is -0.523. The van der Waals surface area contributed by atoms with Gasteiger partial charge in [0.2, 0.25) is 5.91 Å². The second-order valence-corrected chi connectivity index (χ2v) is 6.50. The third-order valence-electron chi connectivity index (χ3n) is 4.69. The van der Waals surface area contributed by atoms with E-state index >= 15 is 0 Å². The lowest BCUT2D eigenvalue weighted by molar-refractivity contribution is -0.150. The molecule has 1 amide bonds. The molecule has 4 atom stereocenters. The molecule has 2 N–H and O–H groups in total. The predicted octanol–water partition coefficient (Wildman–Crippen LogP) is 1.52. The van der Waals surface area contributed by atoms with Gasteiger partial charge in [0, 0.05) is 12.5 Å². The Kier molecular flexibility index (Phi) is 5.48. The van der Waals surface area contributed by atoms with E-state index < -0.39 is 0 Å². The van der Waals surface area contributed by atoms with Gasteiger partial charge in [-0.3, -0.25) is 14.9 Å². The van der Waals surface area contributed by atoms with Gasteiger partial charge in [-0.15, -0.1) is 0 Å². The fourth-order valence-electron chi connectivity index (χ4n) is 3.24. The van der Waals surface area contributed by atoms with Crippen molar-refractivity contribution in [3.05, 3.63) is 35.9 Å². The molecule has 1 aromatic rings. The van der Waals surface area contributed by atoms with Crippen molar-refractivity contribution in [2.24, 2.45) is 5.92 Å². The van der Waals surface area contributed by atoms with Crippen LogP contribution in [-0.2, 0) is 19.1 Å². The van der Waals surface area contributed by atoms with Crippen LogP contribution in [0.15, 0.2) is 30.3 Å². The molecule has 2 aliphatic rings. The van der Waals surface area contributed by atoms with Crippen LogP contribution in [0.3, 0.4) is 0 Å². The average Bonchev–Trinajstić information content (AvgIpc) is 3.03. The number of amides is 1. The molecule has 2 saturated heterocycles. The molecule has 0 spiro atoms. The van der Waals surface area contributed by atoms with Gasteiger partial charge in [-0.25, -0.2) is 0 Å². The molecule has 2 fully saturated rings. The Morgan fingerprint density at radius 2 is 1.96 bits per heavy atom. The largest absolute Gasteiger partial charge is 0.463 e. The van der Waals surface area contributed by atoms with Gasteiger partial charge in [0.1, 0.15) is 6.61 Å². The van der Waals surface area contributed by atoms with E-state index in [0.29, 0.717) is 26.0 Å². The van der Waals surface area contributed by atoms with Gasteiger partial charge >= 0.3 is 5.97 Å². The zero-order chi connectivity index (χ0) is 16.9. The van der Waals surface area contributed by atoms with Gasteiger partial charge in [-0.2, -0.15) is 0 Å². The molecule has 0 saturated carbocycles. The van der Waals surface area contributed by atoms with Crippen LogP contribution in [0.2, 0.25) is 0 Å². The maximum absolute atomic E-state index is 12.3. The van der Waals surface area contributed by atoms with E-state index in [1.54, 1.807) is 0 Å². The van der Waals surface area contributed by atoms with Crippen molar-refractivity contribution >= 4 is 11.9 Å². The fraction of sp³-hybridized carbons (Fsp3) is 0.556. The number of cyclic esters (lactones) is 1. The Bertz CT molecular complexity index is 578. The van der Waals surface area contributed by atoms with Gasteiger partial charge in [0.25, 0.3) is 0 Å². The maximum atomic E-state index is 12.3. The summed E-state index contributed by atoms with van der Waals surface area (Å²) in [5.41, 5.74) is 0.934. The summed E-state index contributed by atoms with van der Waals surface area (Å²) >= 11 is 0. The fourth-order valence-corrected chi connectivity index (χ4v) is 3.24. The van der Waals surface area contributed by atoms with E-state index in [1.807, 2.05) is 37.3 Å². The summed E-state index contributed by atoms with van der Waals surface area (Å²) in [6, 6.07) is 9.37. The molecular weight excluding hydrogens is 308 g/mol. The number of esters is 1. The molecule has 0 aliphatic carbocycles. The molecule has 0 bridgehead atoms. The molecule has 130 valence electrons. The van der Waals surface area contributed by atoms with Gasteiger partial charge in [-0.1, -0.05) is 37.3 Å². The second-order valence-electron chi connectivity index (χ2n) is 6.50. The maximum Gasteiger partial charge on any atom is 0.308 e. The number of carbonyl (C=O) groups is 2. The molecule has 2 heterocycles. The first-order chi connectivity index (χ1) is 11.6. The number of fused-ring (bicyclic) bond motifs is 1. The Balaban J connectivity index is 1.75. The van der Waals surface area contributed by atoms with Gasteiger partial charge in [0.15, 0.2) is 0 Å². The molecule has 24 heavy (non-hydrogen) atoms. The van der Waals surface area contributed by atoms with Crippen molar-refractivity contribution in [3.63, 3.8) is 0 Å². The Morgan fingerprint density at radius 1 is 1.17 bits per heavy atom. The van der Waals surface area contributed by atoms with Gasteiger partial charge in [-0.05, 0) is 18.4 Å². The molecule has 6 nitrogen and oxygen atoms in total. The standard InChI is InChI=1S/C18H24N2O4/c1-12-9-16-14(19-11-24-16)7-8-17(21)20-15(10-23-18(12)22)13-5-3-2-4-6-13/h2-6,12,14-16,19H,7-11H2,1H3,(H,20,21)/t12-,14?,15?,16+/m1/s1. The Morgan fingerprint density at radius 3 is 2.75 bits per heavy atom. The van der Waals surface area contributed by atoms with Crippen molar-refractivity contribution in [3.8, 4) is 0 Å². The van der Waals surface area contributed by atoms with Crippen LogP contribution >= 0.6 is 0 Å². The summed E-state index contributed by atoms with van der Waals surface area (Å²) < 4.78 is 11.1. The molecule has 0 aromatic heterocycles. The lowest BCUT2D eigenvalue weighted by Crippen LogP contribution is -2.38. The highest BCUT2D eigenvalue weighted by molar-refractivity contribution is 5.77. The van der Waals surface area contributed by atoms with Crippen molar-refractivity contribution < 1.29 is 19.1 Å². The number of carbonyl (C=O) groups excluding carboxylic acids is 2. The van der Waals surface area contributed by atoms with Crippen LogP contribution in [0.4, 0.5) is 0 Å². The minimum atomic E-state index is -0.321. The molecule has 0 radical (unpaired) electrons. The first-order valence-electron chi connectivity index (χ1n) is 8.49. The van der Waals surface area contributed by atoms with Crippen molar-refractivity contribution in [2.45, 2.75) is 44.4 Å². The number of hydrogen-bond acceptors (Lipinski definition) is 5. The second kappa shape index (κ2) is 7.77. The van der Waals surface area contributed by atoms with Crippen molar-refractivity contribution in [1.82, 2.24) is 10.6 Å². The Labute approximate surface area is 141 Å². The molecule has 2 unspecified atom stereocenters. The third-order valence-corrected chi connectivity index (χ3v) is 4.69. The highest BCUT2D eigenvalue weighted by Crippen LogP contribution is 2.22. The number of nitrogens with one attached hydrogen (secondary N) is 2. The number of benzene rings is 1. The van der Waals surface area contributed by atoms with Crippen LogP contribution in [-0.4, -0.2) is 37.4 Å². The van der Waals surface area contributed by atoms with Crippen LogP contribution in [0.25, 0.3) is 0 Å². The average molecular weight is 332 g/mol. The van der Waals surface area contributed by atoms with Crippen LogP contribution < -0.4 is 10.6 Å². The van der Waals surface area contributed by atoms with Gasteiger partial charge < -0.3 is 14.8 Å². The molecule has 2 aliphatic heterocycles. The summed E-state index contributed by atoms with van der Waals surface area (Å²) in [7, 11) is 0. The van der Waals surface area contributed by atoms with E-state index in [9.17, 15) is 9.59 Å². The number of rotatable bonds is 1. The smallest absolute Gasteiger partial charge is 0.308 e. The molecular formula is C18H24N2O4. The van der Waals surface area contributed by atoms with Crippen LogP contribution in [0, 0.1) is 5.92 Å². The van der Waals surface area contributed by atoms with Crippen molar-refractivity contribution in [1.29, 1.82) is 0 Å². The minimum Gasteiger partial charge on any atom is -0.463 e. The normalized spacial score (nSPS) is 32.0. The van der Waals surface area contributed by atoms with E-state index in [4.69, 9.17) is 9.47 Å². The number of hydrogen-bond donors (Lipinski definition) is 2. The lowest BCUT2D eigenvalue weighted by atomic mass is 9.96. The summed E-state index contributed by atoms with van der Waals surface area (Å²) in [5, 5.41) is 6.24. The first kappa shape index (κ1) is 16.9. The summed E-state index contributed by atoms with van der Waals surface area (Å²) in [6.45, 7) is 2.47. The van der Waals surface area contributed by atoms with E-state index in [1.165, 1.54) is 0 Å². The summed E-state index contributed by atoms with van der Waals surface area (Å²) in [6.07, 6.45) is 1.67. The topological polar surface area (TPSA) is 76.7 Å². The highest BCUT2D eigenvalue weighted by Gasteiger charge is 2.32. The lowest BCUT2D eigenvalue weighted by Gasteiger charge is -2.25. The first-order valence-corrected chi connectivity index (χ1v) is 8.49. The monoisotopic (exact) mass is 332 g/mol. The van der Waals surface area contributed by atoms with Gasteiger partial charge in [0.05, 0.1) is 24.8 Å². The van der Waals surface area contributed by atoms with Crippen molar-refractivity contribution in [2.75, 3.05) is 13.3 Å². The van der Waals surface area contributed by atoms with E-state index in [2.05, 4.69) is 10.6 Å². The minimum absolute atomic E-state index is 0.0408. The van der Waals surface area contributed by atoms with E-state index in [-0.39, 0.29) is 42.6 Å². The van der Waals surface area contributed by atoms with E-state index in [0.717, 1.165) is 5.56 Å². The third kappa shape index (κ3) is 4.13. The Hall–Kier alpha value is -1.92. The molecule has 1 aromatic carbocycles.